The molecule has 1 aromatic carbocycles. The molecule has 1 saturated carbocycles. The number of fused-ring (bicyclic) bond motifs is 1. The van der Waals surface area contributed by atoms with Crippen molar-refractivity contribution in [1.29, 1.82) is 0 Å². The second kappa shape index (κ2) is 3.79. The lowest BCUT2D eigenvalue weighted by atomic mass is 9.89. The van der Waals surface area contributed by atoms with Crippen LogP contribution in [0.15, 0.2) is 12.1 Å². The van der Waals surface area contributed by atoms with Gasteiger partial charge in [0.2, 0.25) is 0 Å². The number of hydrogen-bond acceptors (Lipinski definition) is 3. The summed E-state index contributed by atoms with van der Waals surface area (Å²) in [6.07, 6.45) is 2.20. The minimum Gasteiger partial charge on any atom is -0.486 e. The van der Waals surface area contributed by atoms with Gasteiger partial charge in [0.05, 0.1) is 0 Å². The van der Waals surface area contributed by atoms with Crippen molar-refractivity contribution in [3.63, 3.8) is 0 Å². The molecule has 1 atom stereocenters. The zero-order valence-electron chi connectivity index (χ0n) is 9.83. The second-order valence-electron chi connectivity index (χ2n) is 4.92. The Morgan fingerprint density at radius 1 is 1.24 bits per heavy atom. The van der Waals surface area contributed by atoms with E-state index in [0.29, 0.717) is 13.2 Å². The van der Waals surface area contributed by atoms with E-state index < -0.39 is 0 Å². The van der Waals surface area contributed by atoms with Crippen LogP contribution in [0.1, 0.15) is 25.3 Å². The van der Waals surface area contributed by atoms with Crippen molar-refractivity contribution in [3.05, 3.63) is 22.7 Å². The molecule has 17 heavy (non-hydrogen) atoms. The molecule has 2 aliphatic rings. The first kappa shape index (κ1) is 11.2. The molecular weight excluding hydrogens is 238 g/mol. The van der Waals surface area contributed by atoms with Crippen LogP contribution in [-0.2, 0) is 5.41 Å². The maximum atomic E-state index is 6.34. The molecule has 1 unspecified atom stereocenters. The molecule has 3 rings (SSSR count). The molecule has 2 N–H and O–H groups in total. The summed E-state index contributed by atoms with van der Waals surface area (Å²) in [7, 11) is 0. The second-order valence-corrected chi connectivity index (χ2v) is 5.33. The highest BCUT2D eigenvalue weighted by Crippen LogP contribution is 2.54. The first-order valence-electron chi connectivity index (χ1n) is 5.99. The van der Waals surface area contributed by atoms with Crippen molar-refractivity contribution in [2.24, 2.45) is 5.73 Å². The largest absolute Gasteiger partial charge is 0.486 e. The van der Waals surface area contributed by atoms with E-state index in [4.69, 9.17) is 26.8 Å². The molecule has 0 bridgehead atoms. The van der Waals surface area contributed by atoms with E-state index in [1.54, 1.807) is 0 Å². The van der Waals surface area contributed by atoms with Crippen LogP contribution in [0.25, 0.3) is 0 Å². The molecule has 0 spiro atoms. The van der Waals surface area contributed by atoms with Crippen LogP contribution in [0.2, 0.25) is 5.02 Å². The summed E-state index contributed by atoms with van der Waals surface area (Å²) in [5.41, 5.74) is 7.24. The van der Waals surface area contributed by atoms with Gasteiger partial charge in [-0.2, -0.15) is 0 Å². The predicted octanol–water partition coefficient (Wildman–Crippen LogP) is 2.49. The van der Waals surface area contributed by atoms with Crippen molar-refractivity contribution in [1.82, 2.24) is 0 Å². The zero-order chi connectivity index (χ0) is 12.0. The summed E-state index contributed by atoms with van der Waals surface area (Å²) in [6, 6.07) is 3.98. The predicted molar refractivity (Wildman–Crippen MR) is 67.0 cm³/mol. The molecule has 0 amide bonds. The maximum Gasteiger partial charge on any atom is 0.162 e. The van der Waals surface area contributed by atoms with Gasteiger partial charge in [0.25, 0.3) is 0 Å². The number of hydrogen-bond donors (Lipinski definition) is 1. The topological polar surface area (TPSA) is 44.5 Å². The Hall–Kier alpha value is -0.930. The molecule has 0 radical (unpaired) electrons. The number of nitrogens with two attached hydrogens (primary N) is 1. The summed E-state index contributed by atoms with van der Waals surface area (Å²) in [5, 5.41) is 0.740. The Balaban J connectivity index is 2.06. The highest BCUT2D eigenvalue weighted by Gasteiger charge is 2.49. The van der Waals surface area contributed by atoms with Crippen molar-refractivity contribution in [3.8, 4) is 11.5 Å². The molecule has 1 aliphatic carbocycles. The van der Waals surface area contributed by atoms with Crippen LogP contribution >= 0.6 is 11.6 Å². The molecule has 1 fully saturated rings. The molecule has 1 aliphatic heterocycles. The zero-order valence-corrected chi connectivity index (χ0v) is 10.6. The van der Waals surface area contributed by atoms with Crippen molar-refractivity contribution in [2.75, 3.05) is 13.2 Å². The van der Waals surface area contributed by atoms with E-state index >= 15 is 0 Å². The number of ether oxygens (including phenoxy) is 2. The van der Waals surface area contributed by atoms with Gasteiger partial charge >= 0.3 is 0 Å². The summed E-state index contributed by atoms with van der Waals surface area (Å²) in [4.78, 5) is 0. The summed E-state index contributed by atoms with van der Waals surface area (Å²) in [5.74, 6) is 1.54. The van der Waals surface area contributed by atoms with Gasteiger partial charge in [-0.3, -0.25) is 0 Å². The van der Waals surface area contributed by atoms with Gasteiger partial charge in [-0.25, -0.2) is 0 Å². The van der Waals surface area contributed by atoms with Gasteiger partial charge in [0, 0.05) is 22.5 Å². The number of benzene rings is 1. The monoisotopic (exact) mass is 253 g/mol. The first-order chi connectivity index (χ1) is 8.13. The molecular formula is C13H16ClNO2. The summed E-state index contributed by atoms with van der Waals surface area (Å²) >= 11 is 6.34. The average Bonchev–Trinajstić information content (AvgIpc) is 3.09. The van der Waals surface area contributed by atoms with Gasteiger partial charge in [0.1, 0.15) is 13.2 Å². The standard InChI is InChI=1S/C13H16ClNO2/c1-8(15)13(2-3-13)9-6-11-12(7-10(9)14)17-5-4-16-11/h6-8H,2-5,15H2,1H3. The van der Waals surface area contributed by atoms with Crippen LogP contribution in [-0.4, -0.2) is 19.3 Å². The van der Waals surface area contributed by atoms with Crippen LogP contribution in [0.5, 0.6) is 11.5 Å². The lowest BCUT2D eigenvalue weighted by molar-refractivity contribution is 0.171. The maximum absolute atomic E-state index is 6.34. The molecule has 0 aromatic heterocycles. The van der Waals surface area contributed by atoms with Crippen LogP contribution in [0.3, 0.4) is 0 Å². The van der Waals surface area contributed by atoms with Crippen LogP contribution in [0.4, 0.5) is 0 Å². The smallest absolute Gasteiger partial charge is 0.162 e. The van der Waals surface area contributed by atoms with E-state index in [1.807, 2.05) is 19.1 Å². The van der Waals surface area contributed by atoms with Gasteiger partial charge in [-0.1, -0.05) is 11.6 Å². The highest BCUT2D eigenvalue weighted by atomic mass is 35.5. The Morgan fingerprint density at radius 3 is 2.35 bits per heavy atom. The molecule has 92 valence electrons. The molecule has 0 saturated heterocycles. The fraction of sp³-hybridized carbons (Fsp3) is 0.538. The summed E-state index contributed by atoms with van der Waals surface area (Å²) in [6.45, 7) is 3.22. The Morgan fingerprint density at radius 2 is 1.82 bits per heavy atom. The van der Waals surface area contributed by atoms with Crippen LogP contribution < -0.4 is 15.2 Å². The SMILES string of the molecule is CC(N)C1(c2cc3c(cc2Cl)OCCO3)CC1. The quantitative estimate of drug-likeness (QED) is 0.881. The summed E-state index contributed by atoms with van der Waals surface area (Å²) < 4.78 is 11.1. The van der Waals surface area contributed by atoms with Gasteiger partial charge in [-0.05, 0) is 31.4 Å². The molecule has 4 heteroatoms. The van der Waals surface area contributed by atoms with E-state index in [0.717, 1.165) is 34.9 Å². The minimum absolute atomic E-state index is 0.0485. The Labute approximate surface area is 106 Å². The first-order valence-corrected chi connectivity index (χ1v) is 6.36. The molecule has 1 aromatic rings. The lowest BCUT2D eigenvalue weighted by Gasteiger charge is -2.25. The van der Waals surface area contributed by atoms with E-state index in [1.165, 1.54) is 0 Å². The fourth-order valence-electron chi connectivity index (χ4n) is 2.55. The van der Waals surface area contributed by atoms with Gasteiger partial charge < -0.3 is 15.2 Å². The van der Waals surface area contributed by atoms with Gasteiger partial charge in [-0.15, -0.1) is 0 Å². The Bertz CT molecular complexity index is 455. The number of halogens is 1. The molecule has 3 nitrogen and oxygen atoms in total. The Kier molecular flexibility index (Phi) is 2.49. The van der Waals surface area contributed by atoms with Crippen LogP contribution in [0, 0.1) is 0 Å². The van der Waals surface area contributed by atoms with Crippen molar-refractivity contribution >= 4 is 11.6 Å². The van der Waals surface area contributed by atoms with E-state index in [-0.39, 0.29) is 11.5 Å². The lowest BCUT2D eigenvalue weighted by Crippen LogP contribution is -2.32. The van der Waals surface area contributed by atoms with E-state index in [2.05, 4.69) is 0 Å². The third kappa shape index (κ3) is 1.69. The third-order valence-electron chi connectivity index (χ3n) is 3.83. The van der Waals surface area contributed by atoms with Crippen molar-refractivity contribution < 1.29 is 9.47 Å². The highest BCUT2D eigenvalue weighted by molar-refractivity contribution is 6.31. The average molecular weight is 254 g/mol. The number of rotatable bonds is 2. The third-order valence-corrected chi connectivity index (χ3v) is 4.14. The molecule has 1 heterocycles. The van der Waals surface area contributed by atoms with Crippen molar-refractivity contribution in [2.45, 2.75) is 31.2 Å². The van der Waals surface area contributed by atoms with E-state index in [9.17, 15) is 0 Å². The fourth-order valence-corrected chi connectivity index (χ4v) is 2.89. The van der Waals surface area contributed by atoms with Gasteiger partial charge in [0.15, 0.2) is 11.5 Å². The minimum atomic E-state index is 0.0485. The normalized spacial score (nSPS) is 22.1.